The van der Waals surface area contributed by atoms with Crippen molar-refractivity contribution in [3.05, 3.63) is 0 Å². The van der Waals surface area contributed by atoms with E-state index >= 15 is 0 Å². The predicted octanol–water partition coefficient (Wildman–Crippen LogP) is 0.461. The molecule has 6 heteroatoms. The summed E-state index contributed by atoms with van der Waals surface area (Å²) in [4.78, 5) is 28.8. The molecule has 1 fully saturated rings. The summed E-state index contributed by atoms with van der Waals surface area (Å²) in [6.45, 7) is 3.79. The van der Waals surface area contributed by atoms with Gasteiger partial charge in [0.15, 0.2) is 5.17 Å². The summed E-state index contributed by atoms with van der Waals surface area (Å²) < 4.78 is 0. The van der Waals surface area contributed by atoms with E-state index in [4.69, 9.17) is 0 Å². The van der Waals surface area contributed by atoms with Crippen molar-refractivity contribution in [2.45, 2.75) is 31.6 Å². The summed E-state index contributed by atoms with van der Waals surface area (Å²) >= 11 is 1.35. The molecule has 1 saturated heterocycles. The molecule has 0 bridgehead atoms. The lowest BCUT2D eigenvalue weighted by atomic mass is 10.2. The third kappa shape index (κ3) is 2.98. The van der Waals surface area contributed by atoms with Gasteiger partial charge in [0.2, 0.25) is 11.8 Å². The van der Waals surface area contributed by atoms with Gasteiger partial charge in [-0.05, 0) is 13.8 Å². The minimum atomic E-state index is -0.331. The van der Waals surface area contributed by atoms with Crippen LogP contribution in [0.25, 0.3) is 0 Å². The van der Waals surface area contributed by atoms with E-state index in [1.165, 1.54) is 16.7 Å². The smallest absolute Gasteiger partial charge is 0.242 e. The van der Waals surface area contributed by atoms with Crippen LogP contribution in [0.1, 0.15) is 20.3 Å². The molecule has 1 atom stereocenters. The maximum Gasteiger partial charge on any atom is 0.242 e. The average molecular weight is 243 g/mol. The molecule has 0 aromatic carbocycles. The minimum Gasteiger partial charge on any atom is -0.354 e. The van der Waals surface area contributed by atoms with Gasteiger partial charge in [0.05, 0.1) is 0 Å². The van der Waals surface area contributed by atoms with Gasteiger partial charge in [-0.25, -0.2) is 0 Å². The van der Waals surface area contributed by atoms with Crippen molar-refractivity contribution in [1.29, 1.82) is 0 Å². The first-order valence-electron chi connectivity index (χ1n) is 5.16. The zero-order valence-electron chi connectivity index (χ0n) is 9.98. The fourth-order valence-corrected chi connectivity index (χ4v) is 2.55. The van der Waals surface area contributed by atoms with Crippen LogP contribution >= 0.6 is 11.8 Å². The van der Waals surface area contributed by atoms with Crippen molar-refractivity contribution >= 4 is 28.7 Å². The maximum atomic E-state index is 11.7. The highest BCUT2D eigenvalue weighted by atomic mass is 32.2. The Hall–Kier alpha value is -1.04. The fourth-order valence-electron chi connectivity index (χ4n) is 1.45. The van der Waals surface area contributed by atoms with E-state index < -0.39 is 0 Å². The molecule has 0 aliphatic carbocycles. The number of amidine groups is 1. The van der Waals surface area contributed by atoms with Crippen molar-refractivity contribution in [2.75, 3.05) is 14.1 Å². The number of carbonyl (C=O) groups excluding carboxylic acids is 2. The molecule has 1 heterocycles. The van der Waals surface area contributed by atoms with Crippen LogP contribution in [0.5, 0.6) is 0 Å². The van der Waals surface area contributed by atoms with Crippen molar-refractivity contribution in [3.8, 4) is 0 Å². The van der Waals surface area contributed by atoms with Gasteiger partial charge >= 0.3 is 0 Å². The second-order valence-electron chi connectivity index (χ2n) is 3.94. The lowest BCUT2D eigenvalue weighted by molar-refractivity contribution is -0.128. The van der Waals surface area contributed by atoms with E-state index in [0.717, 1.165) is 0 Å². The molecule has 0 saturated carbocycles. The Bertz CT molecular complexity index is 328. The van der Waals surface area contributed by atoms with Gasteiger partial charge in [-0.1, -0.05) is 11.8 Å². The first-order chi connectivity index (χ1) is 7.45. The number of nitrogens with one attached hydrogen (secondary N) is 1. The highest BCUT2D eigenvalue weighted by molar-refractivity contribution is 8.15. The summed E-state index contributed by atoms with van der Waals surface area (Å²) in [6.07, 6.45) is 0.213. The van der Waals surface area contributed by atoms with Gasteiger partial charge in [-0.2, -0.15) is 0 Å². The molecule has 1 rings (SSSR count). The Morgan fingerprint density at radius 1 is 1.62 bits per heavy atom. The highest BCUT2D eigenvalue weighted by Crippen LogP contribution is 2.27. The van der Waals surface area contributed by atoms with Crippen LogP contribution in [-0.2, 0) is 9.59 Å². The third-order valence-corrected chi connectivity index (χ3v) is 3.47. The zero-order valence-corrected chi connectivity index (χ0v) is 10.8. The Labute approximate surface area is 99.7 Å². The SMILES string of the molecule is CN=C1S[C@H](CC(=O)NC(C)C)C(=O)N1C. The van der Waals surface area contributed by atoms with Gasteiger partial charge in [-0.3, -0.25) is 19.5 Å². The molecule has 2 amide bonds. The van der Waals surface area contributed by atoms with E-state index in [-0.39, 0.29) is 29.5 Å². The predicted molar refractivity (Wildman–Crippen MR) is 65.4 cm³/mol. The molecule has 1 aliphatic heterocycles. The van der Waals surface area contributed by atoms with Gasteiger partial charge < -0.3 is 5.32 Å². The Kier molecular flexibility index (Phi) is 4.35. The van der Waals surface area contributed by atoms with Crippen LogP contribution in [0, 0.1) is 0 Å². The van der Waals surface area contributed by atoms with Gasteiger partial charge in [-0.15, -0.1) is 0 Å². The molecular formula is C10H17N3O2S. The van der Waals surface area contributed by atoms with Crippen LogP contribution in [0.15, 0.2) is 4.99 Å². The number of aliphatic imine (C=N–C) groups is 1. The summed E-state index contributed by atoms with van der Waals surface area (Å²) in [5.41, 5.74) is 0. The first kappa shape index (κ1) is 13.0. The van der Waals surface area contributed by atoms with Gasteiger partial charge in [0.1, 0.15) is 5.25 Å². The van der Waals surface area contributed by atoms with Gasteiger partial charge in [0, 0.05) is 26.6 Å². The van der Waals surface area contributed by atoms with E-state index in [9.17, 15) is 9.59 Å². The quantitative estimate of drug-likeness (QED) is 0.783. The average Bonchev–Trinajstić information content (AvgIpc) is 2.44. The molecular weight excluding hydrogens is 226 g/mol. The number of amides is 2. The standard InChI is InChI=1S/C10H17N3O2S/c1-6(2)12-8(14)5-7-9(15)13(4)10(11-3)16-7/h6-7H,5H2,1-4H3,(H,12,14)/t7-/m1/s1. The summed E-state index contributed by atoms with van der Waals surface area (Å²) in [6, 6.07) is 0.103. The summed E-state index contributed by atoms with van der Waals surface area (Å²) in [7, 11) is 3.32. The molecule has 0 radical (unpaired) electrons. The zero-order chi connectivity index (χ0) is 12.3. The van der Waals surface area contributed by atoms with E-state index in [0.29, 0.717) is 5.17 Å². The molecule has 0 spiro atoms. The van der Waals surface area contributed by atoms with Crippen molar-refractivity contribution < 1.29 is 9.59 Å². The molecule has 90 valence electrons. The largest absolute Gasteiger partial charge is 0.354 e. The lowest BCUT2D eigenvalue weighted by Gasteiger charge is -2.10. The van der Waals surface area contributed by atoms with Crippen LogP contribution < -0.4 is 5.32 Å². The number of nitrogens with zero attached hydrogens (tertiary/aromatic N) is 2. The van der Waals surface area contributed by atoms with Crippen LogP contribution in [0.3, 0.4) is 0 Å². The van der Waals surface area contributed by atoms with E-state index in [1.54, 1.807) is 14.1 Å². The fraction of sp³-hybridized carbons (Fsp3) is 0.700. The van der Waals surface area contributed by atoms with Crippen molar-refractivity contribution in [2.24, 2.45) is 4.99 Å². The van der Waals surface area contributed by atoms with E-state index in [2.05, 4.69) is 10.3 Å². The topological polar surface area (TPSA) is 61.8 Å². The summed E-state index contributed by atoms with van der Waals surface area (Å²) in [5, 5.41) is 3.12. The molecule has 0 aromatic rings. The van der Waals surface area contributed by atoms with Gasteiger partial charge in [0.25, 0.3) is 0 Å². The monoisotopic (exact) mass is 243 g/mol. The number of hydrogen-bond donors (Lipinski definition) is 1. The molecule has 1 aliphatic rings. The number of carbonyl (C=O) groups is 2. The van der Waals surface area contributed by atoms with Crippen LogP contribution in [0.2, 0.25) is 0 Å². The lowest BCUT2D eigenvalue weighted by Crippen LogP contribution is -2.35. The Balaban J connectivity index is 2.57. The second kappa shape index (κ2) is 5.34. The minimum absolute atomic E-state index is 0.0514. The van der Waals surface area contributed by atoms with E-state index in [1.807, 2.05) is 13.8 Å². The number of rotatable bonds is 3. The molecule has 0 unspecified atom stereocenters. The molecule has 5 nitrogen and oxygen atoms in total. The molecule has 16 heavy (non-hydrogen) atoms. The summed E-state index contributed by atoms with van der Waals surface area (Å²) in [5.74, 6) is -0.142. The van der Waals surface area contributed by atoms with Crippen molar-refractivity contribution in [3.63, 3.8) is 0 Å². The third-order valence-electron chi connectivity index (χ3n) is 2.15. The molecule has 0 aromatic heterocycles. The maximum absolute atomic E-state index is 11.7. The first-order valence-corrected chi connectivity index (χ1v) is 6.04. The number of hydrogen-bond acceptors (Lipinski definition) is 4. The van der Waals surface area contributed by atoms with Crippen LogP contribution in [-0.4, -0.2) is 47.3 Å². The Morgan fingerprint density at radius 3 is 2.69 bits per heavy atom. The van der Waals surface area contributed by atoms with Crippen molar-refractivity contribution in [1.82, 2.24) is 10.2 Å². The normalized spacial score (nSPS) is 23.3. The highest BCUT2D eigenvalue weighted by Gasteiger charge is 2.36. The van der Waals surface area contributed by atoms with Crippen LogP contribution in [0.4, 0.5) is 0 Å². The molecule has 1 N–H and O–H groups in total. The Morgan fingerprint density at radius 2 is 2.25 bits per heavy atom. The number of thioether (sulfide) groups is 1. The second-order valence-corrected chi connectivity index (χ2v) is 5.11.